The van der Waals surface area contributed by atoms with E-state index in [9.17, 15) is 15.0 Å². The second kappa shape index (κ2) is 13.2. The van der Waals surface area contributed by atoms with Crippen molar-refractivity contribution in [3.63, 3.8) is 0 Å². The highest BCUT2D eigenvalue weighted by Gasteiger charge is 2.48. The molecule has 2 N–H and O–H groups in total. The highest BCUT2D eigenvalue weighted by Crippen LogP contribution is 2.47. The molecule has 0 radical (unpaired) electrons. The number of likely N-dealkylation sites (tertiary alicyclic amines) is 1. The largest absolute Gasteiger partial charge is 0.465 e. The van der Waals surface area contributed by atoms with Crippen LogP contribution in [-0.2, 0) is 19.5 Å². The zero-order valence-corrected chi connectivity index (χ0v) is 25.3. The first-order valence-electron chi connectivity index (χ1n) is 15.0. The standard InChI is InChI=1S/C36H48N2O3/c1-34(2,32-24-35(3,4)38(27-32)33(39)40)28-36(41,21-20-29-14-8-5-9-15-29)22-23-37(25-30-16-10-6-11-17-30)26-31-18-12-7-13-19-31/h5-19,32,41H,20-28H2,1-4H3,(H,39,40). The summed E-state index contributed by atoms with van der Waals surface area (Å²) in [5.41, 5.74) is 2.24. The van der Waals surface area contributed by atoms with Crippen LogP contribution < -0.4 is 0 Å². The van der Waals surface area contributed by atoms with Crippen LogP contribution in [-0.4, -0.2) is 50.3 Å². The van der Waals surface area contributed by atoms with Gasteiger partial charge in [0.15, 0.2) is 0 Å². The topological polar surface area (TPSA) is 64.0 Å². The number of aryl methyl sites for hydroxylation is 1. The number of carbonyl (C=O) groups is 1. The lowest BCUT2D eigenvalue weighted by Crippen LogP contribution is -2.42. The van der Waals surface area contributed by atoms with Crippen molar-refractivity contribution in [1.29, 1.82) is 0 Å². The van der Waals surface area contributed by atoms with Gasteiger partial charge in [-0.25, -0.2) is 4.79 Å². The summed E-state index contributed by atoms with van der Waals surface area (Å²) in [6.07, 6.45) is 2.71. The van der Waals surface area contributed by atoms with Crippen molar-refractivity contribution < 1.29 is 15.0 Å². The van der Waals surface area contributed by atoms with Crippen LogP contribution >= 0.6 is 0 Å². The summed E-state index contributed by atoms with van der Waals surface area (Å²) >= 11 is 0. The summed E-state index contributed by atoms with van der Waals surface area (Å²) < 4.78 is 0. The molecule has 1 aliphatic rings. The SMILES string of the molecule is CC(C)(CC(O)(CCc1ccccc1)CCN(Cc1ccccc1)Cc1ccccc1)C1CN(C(=O)O)C(C)(C)C1. The summed E-state index contributed by atoms with van der Waals surface area (Å²) in [5.74, 6) is 0.182. The van der Waals surface area contributed by atoms with Gasteiger partial charge in [0.2, 0.25) is 0 Å². The molecule has 0 saturated carbocycles. The van der Waals surface area contributed by atoms with Crippen molar-refractivity contribution in [2.24, 2.45) is 11.3 Å². The number of aliphatic hydroxyl groups is 1. The second-order valence-corrected chi connectivity index (χ2v) is 13.4. The van der Waals surface area contributed by atoms with E-state index in [1.807, 2.05) is 32.0 Å². The summed E-state index contributed by atoms with van der Waals surface area (Å²) in [6.45, 7) is 11.4. The molecule has 2 atom stereocenters. The Kier molecular flexibility index (Phi) is 9.93. The van der Waals surface area contributed by atoms with Gasteiger partial charge in [0, 0.05) is 31.7 Å². The fourth-order valence-electron chi connectivity index (χ4n) is 6.69. The minimum absolute atomic E-state index is 0.182. The number of nitrogens with zero attached hydrogens (tertiary/aromatic N) is 2. The molecule has 3 aromatic rings. The molecule has 3 aromatic carbocycles. The van der Waals surface area contributed by atoms with Crippen molar-refractivity contribution in [1.82, 2.24) is 9.80 Å². The average Bonchev–Trinajstić information content (AvgIpc) is 3.29. The monoisotopic (exact) mass is 556 g/mol. The van der Waals surface area contributed by atoms with Gasteiger partial charge < -0.3 is 15.1 Å². The smallest absolute Gasteiger partial charge is 0.407 e. The van der Waals surface area contributed by atoms with Gasteiger partial charge in [0.1, 0.15) is 0 Å². The zero-order valence-electron chi connectivity index (χ0n) is 25.3. The van der Waals surface area contributed by atoms with Gasteiger partial charge >= 0.3 is 6.09 Å². The molecule has 41 heavy (non-hydrogen) atoms. The van der Waals surface area contributed by atoms with Gasteiger partial charge in [-0.05, 0) is 74.0 Å². The third-order valence-electron chi connectivity index (χ3n) is 9.11. The fourth-order valence-corrected chi connectivity index (χ4v) is 6.69. The highest BCUT2D eigenvalue weighted by molar-refractivity contribution is 5.66. The molecule has 0 bridgehead atoms. The molecule has 5 nitrogen and oxygen atoms in total. The Hall–Kier alpha value is -3.15. The van der Waals surface area contributed by atoms with E-state index in [0.717, 1.165) is 32.5 Å². The number of benzene rings is 3. The van der Waals surface area contributed by atoms with Crippen molar-refractivity contribution in [2.45, 2.75) is 84.0 Å². The Balaban J connectivity index is 1.54. The molecular formula is C36H48N2O3. The van der Waals surface area contributed by atoms with Crippen molar-refractivity contribution in [3.8, 4) is 0 Å². The van der Waals surface area contributed by atoms with Crippen LogP contribution in [0.4, 0.5) is 4.79 Å². The summed E-state index contributed by atoms with van der Waals surface area (Å²) in [6, 6.07) is 31.5. The van der Waals surface area contributed by atoms with E-state index < -0.39 is 17.2 Å². The molecule has 1 fully saturated rings. The van der Waals surface area contributed by atoms with E-state index in [1.165, 1.54) is 16.7 Å². The van der Waals surface area contributed by atoms with Crippen LogP contribution in [0.3, 0.4) is 0 Å². The Labute approximate surface area is 246 Å². The Bertz CT molecular complexity index is 1190. The summed E-state index contributed by atoms with van der Waals surface area (Å²) in [5, 5.41) is 22.2. The fraction of sp³-hybridized carbons (Fsp3) is 0.472. The summed E-state index contributed by atoms with van der Waals surface area (Å²) in [4.78, 5) is 16.0. The van der Waals surface area contributed by atoms with E-state index in [2.05, 4.69) is 91.5 Å². The van der Waals surface area contributed by atoms with Gasteiger partial charge in [-0.2, -0.15) is 0 Å². The lowest BCUT2D eigenvalue weighted by molar-refractivity contribution is -0.0374. The van der Waals surface area contributed by atoms with Gasteiger partial charge in [-0.15, -0.1) is 0 Å². The predicted molar refractivity (Wildman–Crippen MR) is 167 cm³/mol. The van der Waals surface area contributed by atoms with E-state index in [1.54, 1.807) is 4.90 Å². The average molecular weight is 557 g/mol. The normalized spacial score (nSPS) is 18.4. The van der Waals surface area contributed by atoms with Crippen LogP contribution in [0, 0.1) is 11.3 Å². The van der Waals surface area contributed by atoms with E-state index >= 15 is 0 Å². The molecule has 5 heteroatoms. The number of carboxylic acid groups (broad SMARTS) is 1. The van der Waals surface area contributed by atoms with Crippen LogP contribution in [0.25, 0.3) is 0 Å². The first-order valence-corrected chi connectivity index (χ1v) is 15.0. The minimum Gasteiger partial charge on any atom is -0.465 e. The van der Waals surface area contributed by atoms with E-state index in [-0.39, 0.29) is 11.3 Å². The minimum atomic E-state index is -0.883. The molecule has 0 aliphatic carbocycles. The molecule has 0 spiro atoms. The first-order chi connectivity index (χ1) is 19.5. The van der Waals surface area contributed by atoms with Gasteiger partial charge in [0.05, 0.1) is 5.60 Å². The molecule has 1 heterocycles. The predicted octanol–water partition coefficient (Wildman–Crippen LogP) is 7.64. The molecule has 220 valence electrons. The third kappa shape index (κ3) is 8.67. The first kappa shape index (κ1) is 30.8. The van der Waals surface area contributed by atoms with E-state index in [0.29, 0.717) is 25.8 Å². The van der Waals surface area contributed by atoms with E-state index in [4.69, 9.17) is 0 Å². The summed E-state index contributed by atoms with van der Waals surface area (Å²) in [7, 11) is 0. The number of hydrogen-bond acceptors (Lipinski definition) is 3. The van der Waals surface area contributed by atoms with Gasteiger partial charge in [0.25, 0.3) is 0 Å². The Morgan fingerprint density at radius 1 is 0.854 bits per heavy atom. The lowest BCUT2D eigenvalue weighted by atomic mass is 9.68. The van der Waals surface area contributed by atoms with Crippen LogP contribution in [0.5, 0.6) is 0 Å². The lowest BCUT2D eigenvalue weighted by Gasteiger charge is -2.41. The Morgan fingerprint density at radius 3 is 1.80 bits per heavy atom. The molecule has 0 aromatic heterocycles. The maximum absolute atomic E-state index is 12.4. The second-order valence-electron chi connectivity index (χ2n) is 13.4. The van der Waals surface area contributed by atoms with Gasteiger partial charge in [-0.1, -0.05) is 105 Å². The maximum Gasteiger partial charge on any atom is 0.407 e. The number of hydrogen-bond donors (Lipinski definition) is 2. The zero-order chi connectivity index (χ0) is 29.5. The van der Waals surface area contributed by atoms with Crippen LogP contribution in [0.15, 0.2) is 91.0 Å². The van der Waals surface area contributed by atoms with Crippen molar-refractivity contribution >= 4 is 6.09 Å². The number of amides is 1. The number of rotatable bonds is 13. The molecule has 1 aliphatic heterocycles. The van der Waals surface area contributed by atoms with Crippen LogP contribution in [0.2, 0.25) is 0 Å². The van der Waals surface area contributed by atoms with Gasteiger partial charge in [-0.3, -0.25) is 4.90 Å². The highest BCUT2D eigenvalue weighted by atomic mass is 16.4. The maximum atomic E-state index is 12.4. The molecular weight excluding hydrogens is 508 g/mol. The molecule has 1 amide bonds. The molecule has 2 unspecified atom stereocenters. The van der Waals surface area contributed by atoms with Crippen LogP contribution in [0.1, 0.15) is 70.1 Å². The van der Waals surface area contributed by atoms with Crippen molar-refractivity contribution in [2.75, 3.05) is 13.1 Å². The van der Waals surface area contributed by atoms with Crippen molar-refractivity contribution in [3.05, 3.63) is 108 Å². The quantitative estimate of drug-likeness (QED) is 0.227. The third-order valence-corrected chi connectivity index (χ3v) is 9.11. The molecule has 4 rings (SSSR count). The Morgan fingerprint density at radius 2 is 1.34 bits per heavy atom. The molecule has 1 saturated heterocycles.